The normalized spacial score (nSPS) is 15.2. The number of rotatable bonds is 7. The minimum atomic E-state index is -4.02. The summed E-state index contributed by atoms with van der Waals surface area (Å²) in [5, 5.41) is 6.56. The maximum atomic E-state index is 14.0. The van der Waals surface area contributed by atoms with Crippen LogP contribution in [0, 0.1) is 24.5 Å². The van der Waals surface area contributed by atoms with Crippen LogP contribution >= 0.6 is 0 Å². The van der Waals surface area contributed by atoms with Crippen molar-refractivity contribution in [3.8, 4) is 0 Å². The second-order valence-corrected chi connectivity index (χ2v) is 10.6. The maximum absolute atomic E-state index is 14.0. The molecule has 1 fully saturated rings. The number of hydrogen-bond acceptors (Lipinski definition) is 6. The van der Waals surface area contributed by atoms with E-state index in [-0.39, 0.29) is 46.7 Å². The van der Waals surface area contributed by atoms with Gasteiger partial charge in [0.25, 0.3) is 0 Å². The van der Waals surface area contributed by atoms with Gasteiger partial charge in [0.05, 0.1) is 0 Å². The predicted molar refractivity (Wildman–Crippen MR) is 133 cm³/mol. The SMILES string of the molecule is CC(=O)c1cccc(NC(=O)C2CCN(S(=O)(=O)c3c(C)noc3C=Cc3ccc(F)cc3F)CC2)c1. The van der Waals surface area contributed by atoms with Crippen molar-refractivity contribution in [1.29, 1.82) is 0 Å². The lowest BCUT2D eigenvalue weighted by Gasteiger charge is -2.30. The molecule has 2 aromatic carbocycles. The number of nitrogens with one attached hydrogen (secondary N) is 1. The average Bonchev–Trinajstić information content (AvgIpc) is 3.24. The van der Waals surface area contributed by atoms with Crippen LogP contribution in [-0.4, -0.2) is 42.7 Å². The summed E-state index contributed by atoms with van der Waals surface area (Å²) in [4.78, 5) is 24.2. The summed E-state index contributed by atoms with van der Waals surface area (Å²) >= 11 is 0. The number of aryl methyl sites for hydroxylation is 1. The van der Waals surface area contributed by atoms with Gasteiger partial charge in [-0.25, -0.2) is 17.2 Å². The van der Waals surface area contributed by atoms with Crippen LogP contribution in [0.4, 0.5) is 14.5 Å². The topological polar surface area (TPSA) is 110 Å². The number of ketones is 1. The summed E-state index contributed by atoms with van der Waals surface area (Å²) in [5.74, 6) is -2.37. The fourth-order valence-electron chi connectivity index (χ4n) is 4.15. The quantitative estimate of drug-likeness (QED) is 0.446. The molecule has 1 saturated heterocycles. The fraction of sp³-hybridized carbons (Fsp3) is 0.269. The van der Waals surface area contributed by atoms with E-state index in [1.54, 1.807) is 24.3 Å². The fourth-order valence-corrected chi connectivity index (χ4v) is 5.87. The van der Waals surface area contributed by atoms with Crippen molar-refractivity contribution in [2.24, 2.45) is 5.92 Å². The largest absolute Gasteiger partial charge is 0.355 e. The van der Waals surface area contributed by atoms with Gasteiger partial charge in [0.1, 0.15) is 17.3 Å². The number of halogens is 2. The zero-order valence-electron chi connectivity index (χ0n) is 20.2. The highest BCUT2D eigenvalue weighted by Gasteiger charge is 2.36. The van der Waals surface area contributed by atoms with Crippen LogP contribution in [0.3, 0.4) is 0 Å². The van der Waals surface area contributed by atoms with E-state index in [1.807, 2.05) is 0 Å². The van der Waals surface area contributed by atoms with Gasteiger partial charge in [-0.1, -0.05) is 17.3 Å². The molecule has 194 valence electrons. The molecule has 4 rings (SSSR count). The minimum absolute atomic E-state index is 0.0551. The van der Waals surface area contributed by atoms with E-state index in [9.17, 15) is 26.8 Å². The zero-order valence-corrected chi connectivity index (χ0v) is 21.0. The molecule has 1 aliphatic rings. The van der Waals surface area contributed by atoms with Crippen molar-refractivity contribution in [1.82, 2.24) is 9.46 Å². The van der Waals surface area contributed by atoms with Crippen LogP contribution in [0.1, 0.15) is 47.1 Å². The Morgan fingerprint density at radius 2 is 1.84 bits per heavy atom. The third-order valence-electron chi connectivity index (χ3n) is 6.17. The number of amides is 1. The molecule has 2 heterocycles. The van der Waals surface area contributed by atoms with Crippen LogP contribution in [0.5, 0.6) is 0 Å². The van der Waals surface area contributed by atoms with E-state index in [0.717, 1.165) is 12.1 Å². The Morgan fingerprint density at radius 1 is 1.11 bits per heavy atom. The maximum Gasteiger partial charge on any atom is 0.248 e. The van der Waals surface area contributed by atoms with E-state index in [0.29, 0.717) is 24.1 Å². The highest BCUT2D eigenvalue weighted by Crippen LogP contribution is 2.30. The Balaban J connectivity index is 1.45. The molecule has 1 N–H and O–H groups in total. The van der Waals surface area contributed by atoms with Gasteiger partial charge in [-0.15, -0.1) is 0 Å². The standard InChI is InChI=1S/C26H25F2N3O5S/c1-16-25(24(36-30-16)9-7-18-6-8-21(27)15-23(18)28)37(34,35)31-12-10-19(11-13-31)26(33)29-22-5-3-4-20(14-22)17(2)32/h3-9,14-15,19H,10-13H2,1-2H3,(H,29,33). The smallest absolute Gasteiger partial charge is 0.248 e. The minimum Gasteiger partial charge on any atom is -0.355 e. The van der Waals surface area contributed by atoms with Crippen LogP contribution in [0.25, 0.3) is 12.2 Å². The molecule has 0 saturated carbocycles. The first-order chi connectivity index (χ1) is 17.6. The second-order valence-electron chi connectivity index (χ2n) is 8.77. The number of hydrogen-bond donors (Lipinski definition) is 1. The van der Waals surface area contributed by atoms with E-state index in [1.165, 1.54) is 36.4 Å². The molecular weight excluding hydrogens is 504 g/mol. The first-order valence-corrected chi connectivity index (χ1v) is 13.0. The summed E-state index contributed by atoms with van der Waals surface area (Å²) in [5.41, 5.74) is 1.18. The lowest BCUT2D eigenvalue weighted by molar-refractivity contribution is -0.120. The number of carbonyl (C=O) groups is 2. The number of anilines is 1. The lowest BCUT2D eigenvalue weighted by atomic mass is 9.97. The number of aromatic nitrogens is 1. The molecule has 0 unspecified atom stereocenters. The molecule has 1 aromatic heterocycles. The van der Waals surface area contributed by atoms with Gasteiger partial charge in [0, 0.05) is 41.9 Å². The van der Waals surface area contributed by atoms with Gasteiger partial charge in [-0.3, -0.25) is 9.59 Å². The molecule has 1 amide bonds. The third kappa shape index (κ3) is 5.83. The van der Waals surface area contributed by atoms with Crippen LogP contribution < -0.4 is 5.32 Å². The summed E-state index contributed by atoms with van der Waals surface area (Å²) in [6, 6.07) is 9.67. The molecule has 1 aliphatic heterocycles. The second kappa shape index (κ2) is 10.7. The molecule has 0 atom stereocenters. The summed E-state index contributed by atoms with van der Waals surface area (Å²) in [6.45, 7) is 3.14. The lowest BCUT2D eigenvalue weighted by Crippen LogP contribution is -2.41. The van der Waals surface area contributed by atoms with Crippen molar-refractivity contribution >= 4 is 39.6 Å². The van der Waals surface area contributed by atoms with Crippen molar-refractivity contribution in [2.75, 3.05) is 18.4 Å². The van der Waals surface area contributed by atoms with E-state index in [4.69, 9.17) is 4.52 Å². The summed E-state index contributed by atoms with van der Waals surface area (Å²) in [7, 11) is -4.02. The molecule has 3 aromatic rings. The van der Waals surface area contributed by atoms with Crippen molar-refractivity contribution < 1.29 is 31.3 Å². The molecule has 0 bridgehead atoms. The Kier molecular flexibility index (Phi) is 7.65. The zero-order chi connectivity index (χ0) is 26.7. The van der Waals surface area contributed by atoms with Gasteiger partial charge in [-0.05, 0) is 63.1 Å². The monoisotopic (exact) mass is 529 g/mol. The van der Waals surface area contributed by atoms with Crippen molar-refractivity contribution in [3.05, 3.63) is 76.7 Å². The van der Waals surface area contributed by atoms with Crippen LogP contribution in [0.15, 0.2) is 51.9 Å². The number of Topliss-reactive ketones (excluding diaryl/α,β-unsaturated/α-hetero) is 1. The number of benzene rings is 2. The highest BCUT2D eigenvalue weighted by molar-refractivity contribution is 7.89. The Labute approximate surface area is 213 Å². The van der Waals surface area contributed by atoms with E-state index < -0.39 is 27.6 Å². The van der Waals surface area contributed by atoms with Gasteiger partial charge < -0.3 is 9.84 Å². The molecule has 0 spiro atoms. The molecule has 11 heteroatoms. The van der Waals surface area contributed by atoms with Gasteiger partial charge in [0.2, 0.25) is 15.9 Å². The highest BCUT2D eigenvalue weighted by atomic mass is 32.2. The molecular formula is C26H25F2N3O5S. The number of piperidine rings is 1. The van der Waals surface area contributed by atoms with Crippen LogP contribution in [-0.2, 0) is 14.8 Å². The summed E-state index contributed by atoms with van der Waals surface area (Å²) < 4.78 is 60.4. The summed E-state index contributed by atoms with van der Waals surface area (Å²) in [6.07, 6.45) is 3.16. The molecule has 0 aliphatic carbocycles. The Morgan fingerprint density at radius 3 is 2.51 bits per heavy atom. The Hall–Kier alpha value is -3.70. The third-order valence-corrected chi connectivity index (χ3v) is 8.23. The molecule has 8 nitrogen and oxygen atoms in total. The van der Waals surface area contributed by atoms with Gasteiger partial charge in [-0.2, -0.15) is 4.31 Å². The van der Waals surface area contributed by atoms with Crippen molar-refractivity contribution in [3.63, 3.8) is 0 Å². The number of carbonyl (C=O) groups excluding carboxylic acids is 2. The van der Waals surface area contributed by atoms with Gasteiger partial charge in [0.15, 0.2) is 16.4 Å². The Bertz CT molecular complexity index is 1480. The number of sulfonamides is 1. The van der Waals surface area contributed by atoms with E-state index >= 15 is 0 Å². The van der Waals surface area contributed by atoms with Crippen LogP contribution in [0.2, 0.25) is 0 Å². The molecule has 37 heavy (non-hydrogen) atoms. The first-order valence-electron chi connectivity index (χ1n) is 11.6. The van der Waals surface area contributed by atoms with E-state index in [2.05, 4.69) is 10.5 Å². The van der Waals surface area contributed by atoms with Crippen molar-refractivity contribution in [2.45, 2.75) is 31.6 Å². The predicted octanol–water partition coefficient (Wildman–Crippen LogP) is 4.67. The first kappa shape index (κ1) is 26.4. The molecule has 0 radical (unpaired) electrons. The average molecular weight is 530 g/mol. The van der Waals surface area contributed by atoms with Gasteiger partial charge >= 0.3 is 0 Å². The number of nitrogens with zero attached hydrogens (tertiary/aromatic N) is 2.